The molecule has 1 aromatic heterocycles. The van der Waals surface area contributed by atoms with E-state index in [-0.39, 0.29) is 5.56 Å². The Kier molecular flexibility index (Phi) is 3.88. The van der Waals surface area contributed by atoms with Crippen LogP contribution in [-0.4, -0.2) is 16.1 Å². The molecule has 0 bridgehead atoms. The number of para-hydroxylation sites is 1. The maximum atomic E-state index is 11.5. The van der Waals surface area contributed by atoms with Crippen LogP contribution in [0.3, 0.4) is 0 Å². The van der Waals surface area contributed by atoms with E-state index in [0.29, 0.717) is 26.6 Å². The highest BCUT2D eigenvalue weighted by Crippen LogP contribution is 2.36. The Balaban J connectivity index is 2.28. The van der Waals surface area contributed by atoms with E-state index < -0.39 is 5.97 Å². The molecular formula is C16H10Cl2N2O2. The summed E-state index contributed by atoms with van der Waals surface area (Å²) >= 11 is 12.2. The minimum Gasteiger partial charge on any atom is -0.478 e. The van der Waals surface area contributed by atoms with E-state index in [1.54, 1.807) is 12.1 Å². The van der Waals surface area contributed by atoms with Crippen molar-refractivity contribution < 1.29 is 9.90 Å². The van der Waals surface area contributed by atoms with Gasteiger partial charge in [-0.25, -0.2) is 4.79 Å². The number of halogens is 2. The molecule has 2 N–H and O–H groups in total. The zero-order chi connectivity index (χ0) is 15.7. The van der Waals surface area contributed by atoms with E-state index in [4.69, 9.17) is 23.2 Å². The van der Waals surface area contributed by atoms with Gasteiger partial charge in [-0.3, -0.25) is 4.98 Å². The molecule has 110 valence electrons. The average Bonchev–Trinajstić information content (AvgIpc) is 2.47. The Bertz CT molecular complexity index is 867. The van der Waals surface area contributed by atoms with Crippen LogP contribution in [0.4, 0.5) is 11.4 Å². The lowest BCUT2D eigenvalue weighted by Gasteiger charge is -2.14. The number of carboxylic acid groups (broad SMARTS) is 1. The van der Waals surface area contributed by atoms with Crippen LogP contribution >= 0.6 is 23.2 Å². The van der Waals surface area contributed by atoms with Crippen molar-refractivity contribution in [3.05, 3.63) is 64.3 Å². The first-order valence-corrected chi connectivity index (χ1v) is 7.15. The average molecular weight is 333 g/mol. The Hall–Kier alpha value is -2.30. The number of carboxylic acids is 1. The van der Waals surface area contributed by atoms with Crippen LogP contribution in [0.5, 0.6) is 0 Å². The molecule has 0 saturated heterocycles. The number of pyridine rings is 1. The molecule has 4 nitrogen and oxygen atoms in total. The maximum Gasteiger partial charge on any atom is 0.339 e. The van der Waals surface area contributed by atoms with Gasteiger partial charge in [-0.2, -0.15) is 0 Å². The third kappa shape index (κ3) is 2.71. The van der Waals surface area contributed by atoms with Gasteiger partial charge in [0.1, 0.15) is 5.56 Å². The largest absolute Gasteiger partial charge is 0.478 e. The smallest absolute Gasteiger partial charge is 0.339 e. The van der Waals surface area contributed by atoms with Crippen molar-refractivity contribution in [3.63, 3.8) is 0 Å². The lowest BCUT2D eigenvalue weighted by molar-refractivity contribution is 0.0697. The molecule has 0 unspecified atom stereocenters. The second kappa shape index (κ2) is 5.83. The standard InChI is InChI=1S/C16H10Cl2N2O2/c17-9-6-12(18)14-13(7-9)19-8-11(16(21)22)15(14)20-10-4-2-1-3-5-10/h1-8H,(H,19,20)(H,21,22). The van der Waals surface area contributed by atoms with Crippen molar-refractivity contribution in [3.8, 4) is 0 Å². The van der Waals surface area contributed by atoms with Gasteiger partial charge >= 0.3 is 5.97 Å². The predicted molar refractivity (Wildman–Crippen MR) is 88.4 cm³/mol. The summed E-state index contributed by atoms with van der Waals surface area (Å²) in [6.45, 7) is 0. The number of aromatic carboxylic acids is 1. The summed E-state index contributed by atoms with van der Waals surface area (Å²) in [4.78, 5) is 15.6. The van der Waals surface area contributed by atoms with Crippen LogP contribution in [0.1, 0.15) is 10.4 Å². The highest BCUT2D eigenvalue weighted by atomic mass is 35.5. The molecule has 0 spiro atoms. The first-order valence-electron chi connectivity index (χ1n) is 6.39. The van der Waals surface area contributed by atoms with E-state index in [2.05, 4.69) is 10.3 Å². The molecule has 0 radical (unpaired) electrons. The van der Waals surface area contributed by atoms with Crippen LogP contribution in [0.15, 0.2) is 48.7 Å². The van der Waals surface area contributed by atoms with Gasteiger partial charge in [-0.05, 0) is 24.3 Å². The van der Waals surface area contributed by atoms with Gasteiger partial charge in [0.15, 0.2) is 0 Å². The zero-order valence-corrected chi connectivity index (χ0v) is 12.7. The molecular weight excluding hydrogens is 323 g/mol. The van der Waals surface area contributed by atoms with Crippen LogP contribution in [-0.2, 0) is 0 Å². The second-order valence-electron chi connectivity index (χ2n) is 4.62. The number of aromatic nitrogens is 1. The van der Waals surface area contributed by atoms with Crippen LogP contribution < -0.4 is 5.32 Å². The van der Waals surface area contributed by atoms with Crippen molar-refractivity contribution in [1.29, 1.82) is 0 Å². The fourth-order valence-corrected chi connectivity index (χ4v) is 2.78. The van der Waals surface area contributed by atoms with Gasteiger partial charge in [-0.1, -0.05) is 41.4 Å². The van der Waals surface area contributed by atoms with Crippen molar-refractivity contribution in [2.45, 2.75) is 0 Å². The molecule has 0 amide bonds. The predicted octanol–water partition coefficient (Wildman–Crippen LogP) is 4.98. The minimum absolute atomic E-state index is 0.0422. The van der Waals surface area contributed by atoms with E-state index in [0.717, 1.165) is 5.69 Å². The first-order chi connectivity index (χ1) is 10.6. The molecule has 6 heteroatoms. The van der Waals surface area contributed by atoms with E-state index in [9.17, 15) is 9.90 Å². The minimum atomic E-state index is -1.08. The van der Waals surface area contributed by atoms with Crippen molar-refractivity contribution >= 4 is 51.4 Å². The van der Waals surface area contributed by atoms with Crippen molar-refractivity contribution in [2.24, 2.45) is 0 Å². The third-order valence-electron chi connectivity index (χ3n) is 3.16. The summed E-state index contributed by atoms with van der Waals surface area (Å²) in [6, 6.07) is 12.5. The second-order valence-corrected chi connectivity index (χ2v) is 5.47. The van der Waals surface area contributed by atoms with Gasteiger partial charge < -0.3 is 10.4 Å². The molecule has 0 aliphatic heterocycles. The Morgan fingerprint density at radius 3 is 2.55 bits per heavy atom. The molecule has 2 aromatic carbocycles. The molecule has 0 atom stereocenters. The molecule has 3 rings (SSSR count). The van der Waals surface area contributed by atoms with Gasteiger partial charge in [0, 0.05) is 22.3 Å². The Morgan fingerprint density at radius 1 is 1.14 bits per heavy atom. The van der Waals surface area contributed by atoms with Gasteiger partial charge in [0.05, 0.1) is 16.2 Å². The summed E-state index contributed by atoms with van der Waals surface area (Å²) in [6.07, 6.45) is 1.29. The summed E-state index contributed by atoms with van der Waals surface area (Å²) < 4.78 is 0. The molecule has 0 aliphatic carbocycles. The van der Waals surface area contributed by atoms with E-state index in [1.165, 1.54) is 6.20 Å². The van der Waals surface area contributed by atoms with Gasteiger partial charge in [-0.15, -0.1) is 0 Å². The number of hydrogen-bond acceptors (Lipinski definition) is 3. The number of carbonyl (C=O) groups is 1. The highest BCUT2D eigenvalue weighted by molar-refractivity contribution is 6.39. The van der Waals surface area contributed by atoms with Crippen molar-refractivity contribution in [2.75, 3.05) is 5.32 Å². The topological polar surface area (TPSA) is 62.2 Å². The van der Waals surface area contributed by atoms with Gasteiger partial charge in [0.2, 0.25) is 0 Å². The number of fused-ring (bicyclic) bond motifs is 1. The number of anilines is 2. The molecule has 3 aromatic rings. The molecule has 22 heavy (non-hydrogen) atoms. The number of rotatable bonds is 3. The van der Waals surface area contributed by atoms with Crippen LogP contribution in [0.2, 0.25) is 10.0 Å². The number of nitrogens with zero attached hydrogens (tertiary/aromatic N) is 1. The Morgan fingerprint density at radius 2 is 1.86 bits per heavy atom. The molecule has 0 fully saturated rings. The summed E-state index contributed by atoms with van der Waals surface area (Å²) in [5.41, 5.74) is 1.72. The van der Waals surface area contributed by atoms with Crippen molar-refractivity contribution in [1.82, 2.24) is 4.98 Å². The molecule has 0 saturated carbocycles. The fraction of sp³-hybridized carbons (Fsp3) is 0. The highest BCUT2D eigenvalue weighted by Gasteiger charge is 2.17. The van der Waals surface area contributed by atoms with E-state index >= 15 is 0 Å². The lowest BCUT2D eigenvalue weighted by Crippen LogP contribution is -2.05. The number of nitrogens with one attached hydrogen (secondary N) is 1. The maximum absolute atomic E-state index is 11.5. The first kappa shape index (κ1) is 14.6. The normalized spacial score (nSPS) is 10.6. The number of benzene rings is 2. The monoisotopic (exact) mass is 332 g/mol. The summed E-state index contributed by atoms with van der Waals surface area (Å²) in [5, 5.41) is 13.8. The molecule has 0 aliphatic rings. The summed E-state index contributed by atoms with van der Waals surface area (Å²) in [5.74, 6) is -1.08. The fourth-order valence-electron chi connectivity index (χ4n) is 2.20. The van der Waals surface area contributed by atoms with Crippen LogP contribution in [0.25, 0.3) is 10.9 Å². The summed E-state index contributed by atoms with van der Waals surface area (Å²) in [7, 11) is 0. The lowest BCUT2D eigenvalue weighted by atomic mass is 10.1. The van der Waals surface area contributed by atoms with Gasteiger partial charge in [0.25, 0.3) is 0 Å². The Labute approximate surface area is 136 Å². The SMILES string of the molecule is O=C(O)c1cnc2cc(Cl)cc(Cl)c2c1Nc1ccccc1. The molecule has 1 heterocycles. The zero-order valence-electron chi connectivity index (χ0n) is 11.2. The van der Waals surface area contributed by atoms with E-state index in [1.807, 2.05) is 30.3 Å². The number of hydrogen-bond donors (Lipinski definition) is 2. The van der Waals surface area contributed by atoms with Crippen LogP contribution in [0, 0.1) is 0 Å². The quantitative estimate of drug-likeness (QED) is 0.709. The third-order valence-corrected chi connectivity index (χ3v) is 3.68.